The van der Waals surface area contributed by atoms with Crippen LogP contribution in [-0.4, -0.2) is 29.8 Å². The van der Waals surface area contributed by atoms with Crippen molar-refractivity contribution < 1.29 is 9.59 Å². The van der Waals surface area contributed by atoms with Crippen molar-refractivity contribution >= 4 is 23.2 Å². The van der Waals surface area contributed by atoms with Crippen molar-refractivity contribution in [2.24, 2.45) is 0 Å². The monoisotopic (exact) mass is 384 g/mol. The summed E-state index contributed by atoms with van der Waals surface area (Å²) in [6.07, 6.45) is 2.40. The zero-order valence-corrected chi connectivity index (χ0v) is 17.1. The molecule has 1 aliphatic rings. The van der Waals surface area contributed by atoms with Crippen molar-refractivity contribution in [3.63, 3.8) is 0 Å². The minimum Gasteiger partial charge on any atom is -0.352 e. The highest BCUT2D eigenvalue weighted by atomic mass is 32.1. The van der Waals surface area contributed by atoms with Gasteiger partial charge in [-0.2, -0.15) is 11.3 Å². The third-order valence-corrected chi connectivity index (χ3v) is 5.84. The first-order valence-electron chi connectivity index (χ1n) is 9.56. The maximum absolute atomic E-state index is 12.6. The number of carbonyl (C=O) groups excluding carboxylic acids is 2. The topological polar surface area (TPSA) is 49.4 Å². The van der Waals surface area contributed by atoms with Gasteiger partial charge in [0.25, 0.3) is 5.91 Å². The first kappa shape index (κ1) is 19.6. The third-order valence-electron chi connectivity index (χ3n) is 5.14. The molecule has 1 aromatic carbocycles. The summed E-state index contributed by atoms with van der Waals surface area (Å²) in [6, 6.07) is 10.00. The van der Waals surface area contributed by atoms with Crippen LogP contribution >= 0.6 is 11.3 Å². The molecule has 1 aromatic heterocycles. The molecule has 2 aromatic rings. The summed E-state index contributed by atoms with van der Waals surface area (Å²) in [5, 5.41) is 7.06. The fraction of sp³-hybridized carbons (Fsp3) is 0.455. The lowest BCUT2D eigenvalue weighted by Gasteiger charge is -2.24. The summed E-state index contributed by atoms with van der Waals surface area (Å²) in [5.74, 6) is -0.00820. The second-order valence-electron chi connectivity index (χ2n) is 8.14. The smallest absolute Gasteiger partial charge is 0.251 e. The fourth-order valence-electron chi connectivity index (χ4n) is 3.53. The third kappa shape index (κ3) is 4.78. The number of rotatable bonds is 5. The molecule has 1 aliphatic heterocycles. The van der Waals surface area contributed by atoms with Crippen LogP contribution in [0.4, 0.5) is 0 Å². The van der Waals surface area contributed by atoms with Gasteiger partial charge in [-0.1, -0.05) is 32.9 Å². The number of nitrogens with zero attached hydrogens (tertiary/aromatic N) is 1. The maximum atomic E-state index is 12.6. The van der Waals surface area contributed by atoms with E-state index in [9.17, 15) is 9.59 Å². The molecule has 2 amide bonds. The van der Waals surface area contributed by atoms with Gasteiger partial charge < -0.3 is 10.2 Å². The van der Waals surface area contributed by atoms with E-state index in [1.165, 1.54) is 11.1 Å². The predicted octanol–water partition coefficient (Wildman–Crippen LogP) is 4.53. The normalized spacial score (nSPS) is 17.1. The van der Waals surface area contributed by atoms with E-state index in [1.807, 2.05) is 29.2 Å². The Labute approximate surface area is 165 Å². The van der Waals surface area contributed by atoms with Crippen LogP contribution in [0.3, 0.4) is 0 Å². The minimum absolute atomic E-state index is 0.0656. The van der Waals surface area contributed by atoms with Gasteiger partial charge in [0.1, 0.15) is 0 Å². The molecule has 1 unspecified atom stereocenters. The Morgan fingerprint density at radius 3 is 2.56 bits per heavy atom. The largest absolute Gasteiger partial charge is 0.352 e. The number of carbonyl (C=O) groups is 2. The van der Waals surface area contributed by atoms with Crippen molar-refractivity contribution in [2.45, 2.75) is 51.5 Å². The van der Waals surface area contributed by atoms with Gasteiger partial charge in [0.2, 0.25) is 5.91 Å². The molecule has 1 saturated heterocycles. The van der Waals surface area contributed by atoms with E-state index < -0.39 is 0 Å². The standard InChI is InChI=1S/C22H28N2O2S/c1-22(2,3)18-8-6-16(7-9-18)21(26)23-12-10-20(25)24-13-4-5-19(24)17-11-14-27-15-17/h6-9,11,14-15,19H,4-5,10,12-13H2,1-3H3,(H,23,26). The van der Waals surface area contributed by atoms with Crippen LogP contribution in [0.1, 0.15) is 67.6 Å². The average molecular weight is 385 g/mol. The molecular formula is C22H28N2O2S. The molecule has 0 spiro atoms. The van der Waals surface area contributed by atoms with Gasteiger partial charge in [-0.3, -0.25) is 9.59 Å². The van der Waals surface area contributed by atoms with Crippen LogP contribution in [0.5, 0.6) is 0 Å². The van der Waals surface area contributed by atoms with Gasteiger partial charge in [-0.25, -0.2) is 0 Å². The first-order chi connectivity index (χ1) is 12.9. The lowest BCUT2D eigenvalue weighted by molar-refractivity contribution is -0.132. The van der Waals surface area contributed by atoms with E-state index in [0.717, 1.165) is 19.4 Å². The van der Waals surface area contributed by atoms with Gasteiger partial charge in [0.05, 0.1) is 6.04 Å². The molecule has 0 aliphatic carbocycles. The molecule has 1 N–H and O–H groups in total. The molecule has 4 nitrogen and oxygen atoms in total. The second kappa shape index (κ2) is 8.26. The number of benzene rings is 1. The number of amides is 2. The van der Waals surface area contributed by atoms with Crippen LogP contribution in [0.2, 0.25) is 0 Å². The first-order valence-corrected chi connectivity index (χ1v) is 10.5. The highest BCUT2D eigenvalue weighted by Crippen LogP contribution is 2.33. The van der Waals surface area contributed by atoms with E-state index in [1.54, 1.807) is 11.3 Å². The highest BCUT2D eigenvalue weighted by molar-refractivity contribution is 7.08. The van der Waals surface area contributed by atoms with E-state index >= 15 is 0 Å². The summed E-state index contributed by atoms with van der Waals surface area (Å²) in [5.41, 5.74) is 3.13. The molecular weight excluding hydrogens is 356 g/mol. The Bertz CT molecular complexity index is 776. The van der Waals surface area contributed by atoms with Crippen molar-refractivity contribution in [1.29, 1.82) is 0 Å². The molecule has 144 valence electrons. The van der Waals surface area contributed by atoms with Crippen molar-refractivity contribution in [2.75, 3.05) is 13.1 Å². The number of hydrogen-bond acceptors (Lipinski definition) is 3. The molecule has 1 atom stereocenters. The van der Waals surface area contributed by atoms with Gasteiger partial charge in [0, 0.05) is 25.1 Å². The quantitative estimate of drug-likeness (QED) is 0.823. The molecule has 5 heteroatoms. The lowest BCUT2D eigenvalue weighted by Crippen LogP contribution is -2.34. The van der Waals surface area contributed by atoms with Gasteiger partial charge >= 0.3 is 0 Å². The van der Waals surface area contributed by atoms with Crippen molar-refractivity contribution in [1.82, 2.24) is 10.2 Å². The Morgan fingerprint density at radius 2 is 1.93 bits per heavy atom. The van der Waals surface area contributed by atoms with Gasteiger partial charge in [-0.15, -0.1) is 0 Å². The van der Waals surface area contributed by atoms with E-state index in [-0.39, 0.29) is 23.3 Å². The molecule has 1 fully saturated rings. The van der Waals surface area contributed by atoms with Crippen LogP contribution in [0, 0.1) is 0 Å². The van der Waals surface area contributed by atoms with Crippen molar-refractivity contribution in [3.8, 4) is 0 Å². The van der Waals surface area contributed by atoms with E-state index in [4.69, 9.17) is 0 Å². The average Bonchev–Trinajstić information content (AvgIpc) is 3.32. The molecule has 0 bridgehead atoms. The Balaban J connectivity index is 1.50. The minimum atomic E-state index is -0.126. The van der Waals surface area contributed by atoms with E-state index in [2.05, 4.69) is 42.9 Å². The number of hydrogen-bond donors (Lipinski definition) is 1. The predicted molar refractivity (Wildman–Crippen MR) is 110 cm³/mol. The number of thiophene rings is 1. The summed E-state index contributed by atoms with van der Waals surface area (Å²) in [6.45, 7) is 7.62. The van der Waals surface area contributed by atoms with Crippen molar-refractivity contribution in [3.05, 3.63) is 57.8 Å². The molecule has 27 heavy (non-hydrogen) atoms. The molecule has 3 rings (SSSR count). The van der Waals surface area contributed by atoms with Gasteiger partial charge in [-0.05, 0) is 58.3 Å². The lowest BCUT2D eigenvalue weighted by atomic mass is 9.87. The molecule has 0 radical (unpaired) electrons. The fourth-order valence-corrected chi connectivity index (χ4v) is 4.23. The Kier molecular flexibility index (Phi) is 6.00. The van der Waals surface area contributed by atoms with E-state index in [0.29, 0.717) is 18.5 Å². The summed E-state index contributed by atoms with van der Waals surface area (Å²) < 4.78 is 0. The van der Waals surface area contributed by atoms with Crippen LogP contribution in [0.25, 0.3) is 0 Å². The SMILES string of the molecule is CC(C)(C)c1ccc(C(=O)NCCC(=O)N2CCCC2c2ccsc2)cc1. The van der Waals surface area contributed by atoms with Crippen LogP contribution in [-0.2, 0) is 10.2 Å². The number of nitrogens with one attached hydrogen (secondary N) is 1. The molecule has 0 saturated carbocycles. The van der Waals surface area contributed by atoms with Crippen LogP contribution in [0.15, 0.2) is 41.1 Å². The Hall–Kier alpha value is -2.14. The summed E-state index contributed by atoms with van der Waals surface area (Å²) >= 11 is 1.67. The summed E-state index contributed by atoms with van der Waals surface area (Å²) in [7, 11) is 0. The Morgan fingerprint density at radius 1 is 1.19 bits per heavy atom. The maximum Gasteiger partial charge on any atom is 0.251 e. The zero-order valence-electron chi connectivity index (χ0n) is 16.3. The highest BCUT2D eigenvalue weighted by Gasteiger charge is 2.29. The van der Waals surface area contributed by atoms with Crippen LogP contribution < -0.4 is 5.32 Å². The summed E-state index contributed by atoms with van der Waals surface area (Å²) in [4.78, 5) is 26.9. The number of likely N-dealkylation sites (tertiary alicyclic amines) is 1. The zero-order chi connectivity index (χ0) is 19.4. The second-order valence-corrected chi connectivity index (χ2v) is 8.92. The van der Waals surface area contributed by atoms with Gasteiger partial charge in [0.15, 0.2) is 0 Å². The molecule has 2 heterocycles.